The lowest BCUT2D eigenvalue weighted by molar-refractivity contribution is -0.116. The first-order valence-electron chi connectivity index (χ1n) is 5.84. The molecule has 0 bridgehead atoms. The van der Waals surface area contributed by atoms with Crippen LogP contribution >= 0.6 is 0 Å². The molecule has 0 radical (unpaired) electrons. The third-order valence-corrected chi connectivity index (χ3v) is 2.96. The molecule has 0 fully saturated rings. The average molecular weight is 228 g/mol. The van der Waals surface area contributed by atoms with Gasteiger partial charge in [0.1, 0.15) is 0 Å². The fraction of sp³-hybridized carbons (Fsp3) is 0.267. The number of rotatable bonds is 3. The van der Waals surface area contributed by atoms with E-state index in [-0.39, 0.29) is 5.78 Å². The van der Waals surface area contributed by atoms with E-state index in [1.54, 1.807) is 6.08 Å². The Kier molecular flexibility index (Phi) is 3.55. The van der Waals surface area contributed by atoms with Gasteiger partial charge in [-0.05, 0) is 30.6 Å². The summed E-state index contributed by atoms with van der Waals surface area (Å²) in [5.74, 6) is 0.0988. The molecule has 2 nitrogen and oxygen atoms in total. The summed E-state index contributed by atoms with van der Waals surface area (Å²) >= 11 is 0. The van der Waals surface area contributed by atoms with Crippen molar-refractivity contribution in [3.8, 4) is 0 Å². The summed E-state index contributed by atoms with van der Waals surface area (Å²) in [5, 5.41) is 10.2. The summed E-state index contributed by atoms with van der Waals surface area (Å²) in [6.45, 7) is 0. The molecule has 0 amide bonds. The van der Waals surface area contributed by atoms with Crippen molar-refractivity contribution >= 4 is 11.9 Å². The third-order valence-electron chi connectivity index (χ3n) is 2.96. The maximum atomic E-state index is 11.0. The van der Waals surface area contributed by atoms with Gasteiger partial charge >= 0.3 is 0 Å². The van der Waals surface area contributed by atoms with Gasteiger partial charge < -0.3 is 5.11 Å². The summed E-state index contributed by atoms with van der Waals surface area (Å²) in [5.41, 5.74) is 0.270. The number of carbonyl (C=O) groups is 1. The van der Waals surface area contributed by atoms with Crippen molar-refractivity contribution in [2.24, 2.45) is 0 Å². The van der Waals surface area contributed by atoms with Gasteiger partial charge in [0, 0.05) is 6.42 Å². The summed E-state index contributed by atoms with van der Waals surface area (Å²) in [7, 11) is 0. The standard InChI is InChI=1S/C15H16O2/c16-14-8-11-15(17,12-9-14)10-4-7-13-5-2-1-3-6-13/h1-8,11,17H,9-10,12H2/b7-4+/t15-/m1/s1. The smallest absolute Gasteiger partial charge is 0.155 e. The lowest BCUT2D eigenvalue weighted by Crippen LogP contribution is -2.29. The second-order valence-electron chi connectivity index (χ2n) is 4.42. The lowest BCUT2D eigenvalue weighted by Gasteiger charge is -2.25. The normalized spacial score (nSPS) is 24.4. The van der Waals surface area contributed by atoms with E-state index in [9.17, 15) is 9.90 Å². The fourth-order valence-corrected chi connectivity index (χ4v) is 1.89. The van der Waals surface area contributed by atoms with Gasteiger partial charge in [-0.3, -0.25) is 4.79 Å². The van der Waals surface area contributed by atoms with Crippen molar-refractivity contribution in [3.63, 3.8) is 0 Å². The van der Waals surface area contributed by atoms with Crippen molar-refractivity contribution in [1.29, 1.82) is 0 Å². The molecule has 0 unspecified atom stereocenters. The van der Waals surface area contributed by atoms with Crippen LogP contribution in [0.5, 0.6) is 0 Å². The summed E-state index contributed by atoms with van der Waals surface area (Å²) in [6, 6.07) is 9.96. The van der Waals surface area contributed by atoms with Gasteiger partial charge in [0.25, 0.3) is 0 Å². The SMILES string of the molecule is O=C1C=C[C@](O)(C/C=C/c2ccccc2)CC1. The maximum Gasteiger partial charge on any atom is 0.155 e. The third kappa shape index (κ3) is 3.40. The average Bonchev–Trinajstić information content (AvgIpc) is 2.35. The predicted octanol–water partition coefficient (Wildman–Crippen LogP) is 2.74. The molecule has 0 saturated heterocycles. The highest BCUT2D eigenvalue weighted by Gasteiger charge is 2.26. The van der Waals surface area contributed by atoms with E-state index in [4.69, 9.17) is 0 Å². The fourth-order valence-electron chi connectivity index (χ4n) is 1.89. The Morgan fingerprint density at radius 2 is 2.06 bits per heavy atom. The van der Waals surface area contributed by atoms with Gasteiger partial charge in [-0.2, -0.15) is 0 Å². The van der Waals surface area contributed by atoms with Gasteiger partial charge in [0.05, 0.1) is 5.60 Å². The first-order chi connectivity index (χ1) is 8.18. The van der Waals surface area contributed by atoms with Crippen LogP contribution < -0.4 is 0 Å². The number of aliphatic hydroxyl groups is 1. The molecule has 0 heterocycles. The maximum absolute atomic E-state index is 11.0. The molecule has 1 N–H and O–H groups in total. The Morgan fingerprint density at radius 1 is 1.29 bits per heavy atom. The minimum Gasteiger partial charge on any atom is -0.385 e. The highest BCUT2D eigenvalue weighted by molar-refractivity contribution is 5.90. The molecule has 2 rings (SSSR count). The monoisotopic (exact) mass is 228 g/mol. The Hall–Kier alpha value is -1.67. The van der Waals surface area contributed by atoms with Crippen molar-refractivity contribution in [3.05, 3.63) is 54.1 Å². The number of allylic oxidation sites excluding steroid dienone is 1. The molecule has 1 aromatic carbocycles. The van der Waals surface area contributed by atoms with E-state index < -0.39 is 5.60 Å². The molecule has 2 heteroatoms. The molecule has 0 saturated carbocycles. The Bertz CT molecular complexity index is 445. The van der Waals surface area contributed by atoms with E-state index in [1.807, 2.05) is 42.5 Å². The number of carbonyl (C=O) groups excluding carboxylic acids is 1. The second kappa shape index (κ2) is 5.11. The van der Waals surface area contributed by atoms with E-state index in [0.717, 1.165) is 5.56 Å². The van der Waals surface area contributed by atoms with Gasteiger partial charge in [-0.25, -0.2) is 0 Å². The van der Waals surface area contributed by atoms with E-state index in [1.165, 1.54) is 6.08 Å². The molecule has 88 valence electrons. The molecule has 1 atom stereocenters. The predicted molar refractivity (Wildman–Crippen MR) is 68.4 cm³/mol. The quantitative estimate of drug-likeness (QED) is 0.863. The minimum absolute atomic E-state index is 0.0988. The Morgan fingerprint density at radius 3 is 2.71 bits per heavy atom. The van der Waals surface area contributed by atoms with Crippen molar-refractivity contribution in [2.75, 3.05) is 0 Å². The zero-order valence-electron chi connectivity index (χ0n) is 9.67. The zero-order valence-corrected chi connectivity index (χ0v) is 9.67. The summed E-state index contributed by atoms with van der Waals surface area (Å²) < 4.78 is 0. The summed E-state index contributed by atoms with van der Waals surface area (Å²) in [6.07, 6.45) is 8.55. The van der Waals surface area contributed by atoms with Gasteiger partial charge in [-0.1, -0.05) is 42.5 Å². The van der Waals surface area contributed by atoms with Crippen LogP contribution in [0.2, 0.25) is 0 Å². The van der Waals surface area contributed by atoms with Crippen LogP contribution in [0.15, 0.2) is 48.6 Å². The highest BCUT2D eigenvalue weighted by Crippen LogP contribution is 2.24. The van der Waals surface area contributed by atoms with Gasteiger partial charge in [0.15, 0.2) is 5.78 Å². The van der Waals surface area contributed by atoms with Crippen molar-refractivity contribution in [1.82, 2.24) is 0 Å². The number of benzene rings is 1. The van der Waals surface area contributed by atoms with Crippen LogP contribution in [0.25, 0.3) is 6.08 Å². The van der Waals surface area contributed by atoms with Crippen LogP contribution in [0.4, 0.5) is 0 Å². The first kappa shape index (κ1) is 11.8. The van der Waals surface area contributed by atoms with Crippen LogP contribution in [0.3, 0.4) is 0 Å². The number of hydrogen-bond acceptors (Lipinski definition) is 2. The zero-order chi connectivity index (χ0) is 12.1. The van der Waals surface area contributed by atoms with Crippen LogP contribution in [-0.4, -0.2) is 16.5 Å². The first-order valence-corrected chi connectivity index (χ1v) is 5.84. The second-order valence-corrected chi connectivity index (χ2v) is 4.42. The topological polar surface area (TPSA) is 37.3 Å². The molecular weight excluding hydrogens is 212 g/mol. The molecule has 17 heavy (non-hydrogen) atoms. The van der Waals surface area contributed by atoms with E-state index in [2.05, 4.69) is 0 Å². The minimum atomic E-state index is -0.848. The molecule has 0 aromatic heterocycles. The van der Waals surface area contributed by atoms with E-state index >= 15 is 0 Å². The van der Waals surface area contributed by atoms with Crippen LogP contribution in [0, 0.1) is 0 Å². The molecule has 1 aliphatic rings. The van der Waals surface area contributed by atoms with Gasteiger partial charge in [-0.15, -0.1) is 0 Å². The number of ketones is 1. The molecule has 0 aliphatic heterocycles. The molecule has 1 aliphatic carbocycles. The number of hydrogen-bond donors (Lipinski definition) is 1. The lowest BCUT2D eigenvalue weighted by atomic mass is 9.87. The summed E-state index contributed by atoms with van der Waals surface area (Å²) in [4.78, 5) is 11.0. The van der Waals surface area contributed by atoms with E-state index in [0.29, 0.717) is 19.3 Å². The largest absolute Gasteiger partial charge is 0.385 e. The van der Waals surface area contributed by atoms with Crippen molar-refractivity contribution < 1.29 is 9.90 Å². The van der Waals surface area contributed by atoms with Crippen molar-refractivity contribution in [2.45, 2.75) is 24.9 Å². The molecule has 0 spiro atoms. The van der Waals surface area contributed by atoms with Crippen LogP contribution in [-0.2, 0) is 4.79 Å². The molecule has 1 aromatic rings. The Balaban J connectivity index is 1.96. The van der Waals surface area contributed by atoms with Gasteiger partial charge in [0.2, 0.25) is 0 Å². The highest BCUT2D eigenvalue weighted by atomic mass is 16.3. The van der Waals surface area contributed by atoms with Crippen LogP contribution in [0.1, 0.15) is 24.8 Å². The molecular formula is C15H16O2. The Labute approximate surface area is 101 Å².